The lowest BCUT2D eigenvalue weighted by molar-refractivity contribution is -0.123. The van der Waals surface area contributed by atoms with Crippen molar-refractivity contribution in [2.45, 2.75) is 31.7 Å². The molecule has 0 bridgehead atoms. The van der Waals surface area contributed by atoms with E-state index in [9.17, 15) is 14.0 Å². The molecule has 2 N–H and O–H groups in total. The van der Waals surface area contributed by atoms with E-state index in [1.54, 1.807) is 4.90 Å². The van der Waals surface area contributed by atoms with Gasteiger partial charge in [0.15, 0.2) is 0 Å². The van der Waals surface area contributed by atoms with Gasteiger partial charge in [0.05, 0.1) is 11.6 Å². The Morgan fingerprint density at radius 1 is 1.32 bits per heavy atom. The summed E-state index contributed by atoms with van der Waals surface area (Å²) in [5, 5.41) is 6.43. The molecule has 5 nitrogen and oxygen atoms in total. The summed E-state index contributed by atoms with van der Waals surface area (Å²) in [6.07, 6.45) is 3.70. The van der Waals surface area contributed by atoms with Gasteiger partial charge in [-0.2, -0.15) is 0 Å². The first kappa shape index (κ1) is 18.1. The fraction of sp³-hybridized carbons (Fsp3) is 0.556. The zero-order valence-electron chi connectivity index (χ0n) is 14.1. The average molecular weight is 368 g/mol. The first-order valence-electron chi connectivity index (χ1n) is 8.80. The molecule has 2 amide bonds. The number of amides is 2. The Bertz CT molecular complexity index is 649. The van der Waals surface area contributed by atoms with E-state index in [1.807, 2.05) is 0 Å². The fourth-order valence-corrected chi connectivity index (χ4v) is 3.68. The van der Waals surface area contributed by atoms with E-state index in [4.69, 9.17) is 11.6 Å². The quantitative estimate of drug-likeness (QED) is 0.857. The molecular formula is C18H23ClFN3O2. The highest BCUT2D eigenvalue weighted by Crippen LogP contribution is 2.21. The maximum Gasteiger partial charge on any atom is 0.256 e. The number of rotatable bonds is 4. The van der Waals surface area contributed by atoms with Gasteiger partial charge in [-0.1, -0.05) is 11.6 Å². The highest BCUT2D eigenvalue weighted by molar-refractivity contribution is 6.30. The van der Waals surface area contributed by atoms with Gasteiger partial charge in [-0.25, -0.2) is 4.39 Å². The summed E-state index contributed by atoms with van der Waals surface area (Å²) in [5.41, 5.74) is 0.0456. The van der Waals surface area contributed by atoms with Gasteiger partial charge in [0.25, 0.3) is 5.91 Å². The van der Waals surface area contributed by atoms with Gasteiger partial charge in [-0.15, -0.1) is 0 Å². The zero-order chi connectivity index (χ0) is 17.8. The highest BCUT2D eigenvalue weighted by Gasteiger charge is 2.27. The van der Waals surface area contributed by atoms with E-state index < -0.39 is 5.82 Å². The largest absolute Gasteiger partial charge is 0.354 e. The van der Waals surface area contributed by atoms with E-state index in [0.29, 0.717) is 19.6 Å². The third kappa shape index (κ3) is 4.50. The monoisotopic (exact) mass is 367 g/mol. The van der Waals surface area contributed by atoms with Crippen molar-refractivity contribution in [2.75, 3.05) is 26.2 Å². The van der Waals surface area contributed by atoms with Crippen molar-refractivity contribution in [1.82, 2.24) is 15.5 Å². The maximum atomic E-state index is 14.0. The Labute approximate surface area is 151 Å². The van der Waals surface area contributed by atoms with Crippen LogP contribution >= 0.6 is 11.6 Å². The molecule has 0 aromatic heterocycles. The van der Waals surface area contributed by atoms with Crippen molar-refractivity contribution in [1.29, 1.82) is 0 Å². The number of halogens is 2. The van der Waals surface area contributed by atoms with E-state index in [1.165, 1.54) is 12.1 Å². The number of nitrogens with zero attached hydrogens (tertiary/aromatic N) is 1. The van der Waals surface area contributed by atoms with E-state index >= 15 is 0 Å². The average Bonchev–Trinajstić information content (AvgIpc) is 3.14. The zero-order valence-corrected chi connectivity index (χ0v) is 14.8. The van der Waals surface area contributed by atoms with Gasteiger partial charge >= 0.3 is 0 Å². The van der Waals surface area contributed by atoms with Crippen LogP contribution in [0.3, 0.4) is 0 Å². The lowest BCUT2D eigenvalue weighted by Crippen LogP contribution is -2.46. The number of likely N-dealkylation sites (tertiary alicyclic amines) is 1. The number of nitrogens with one attached hydrogen (secondary N) is 2. The molecule has 7 heteroatoms. The minimum atomic E-state index is -0.597. The molecule has 0 aliphatic carbocycles. The summed E-state index contributed by atoms with van der Waals surface area (Å²) >= 11 is 5.75. The number of hydrogen-bond donors (Lipinski definition) is 2. The molecule has 2 aliphatic rings. The molecule has 0 spiro atoms. The van der Waals surface area contributed by atoms with Gasteiger partial charge in [0.1, 0.15) is 5.82 Å². The first-order chi connectivity index (χ1) is 12.0. The number of hydrogen-bond acceptors (Lipinski definition) is 3. The molecule has 0 radical (unpaired) electrons. The smallest absolute Gasteiger partial charge is 0.256 e. The van der Waals surface area contributed by atoms with Crippen LogP contribution in [0, 0.1) is 11.7 Å². The second-order valence-corrected chi connectivity index (χ2v) is 7.21. The Morgan fingerprint density at radius 3 is 2.88 bits per heavy atom. The van der Waals surface area contributed by atoms with Crippen molar-refractivity contribution < 1.29 is 14.0 Å². The molecule has 2 saturated heterocycles. The Balaban J connectivity index is 1.55. The number of carbonyl (C=O) groups excluding carboxylic acids is 2. The van der Waals surface area contributed by atoms with E-state index in [2.05, 4.69) is 10.6 Å². The van der Waals surface area contributed by atoms with Crippen LogP contribution in [0.5, 0.6) is 0 Å². The topological polar surface area (TPSA) is 61.4 Å². The minimum Gasteiger partial charge on any atom is -0.354 e. The lowest BCUT2D eigenvalue weighted by atomic mass is 9.97. The molecular weight excluding hydrogens is 345 g/mol. The van der Waals surface area contributed by atoms with Gasteiger partial charge in [-0.3, -0.25) is 9.59 Å². The van der Waals surface area contributed by atoms with Crippen molar-refractivity contribution in [3.05, 3.63) is 34.6 Å². The van der Waals surface area contributed by atoms with Crippen molar-refractivity contribution in [2.24, 2.45) is 5.92 Å². The van der Waals surface area contributed by atoms with E-state index in [-0.39, 0.29) is 34.4 Å². The molecule has 0 saturated carbocycles. The molecule has 3 rings (SSSR count). The molecule has 2 unspecified atom stereocenters. The lowest BCUT2D eigenvalue weighted by Gasteiger charge is -2.33. The minimum absolute atomic E-state index is 0.0321. The van der Waals surface area contributed by atoms with Crippen LogP contribution in [0.2, 0.25) is 5.02 Å². The molecule has 1 aromatic carbocycles. The van der Waals surface area contributed by atoms with Crippen LogP contribution in [0.25, 0.3) is 0 Å². The highest BCUT2D eigenvalue weighted by atomic mass is 35.5. The molecule has 2 heterocycles. The summed E-state index contributed by atoms with van der Waals surface area (Å²) in [4.78, 5) is 26.3. The predicted molar refractivity (Wildman–Crippen MR) is 94.1 cm³/mol. The summed E-state index contributed by atoms with van der Waals surface area (Å²) in [6.45, 7) is 2.56. The summed E-state index contributed by atoms with van der Waals surface area (Å²) in [5.74, 6) is -0.689. The summed E-state index contributed by atoms with van der Waals surface area (Å²) < 4.78 is 14.0. The van der Waals surface area contributed by atoms with Crippen molar-refractivity contribution in [3.8, 4) is 0 Å². The van der Waals surface area contributed by atoms with Gasteiger partial charge in [-0.05, 0) is 56.3 Å². The predicted octanol–water partition coefficient (Wildman–Crippen LogP) is 2.20. The maximum absolute atomic E-state index is 14.0. The van der Waals surface area contributed by atoms with Crippen molar-refractivity contribution >= 4 is 23.4 Å². The second kappa shape index (κ2) is 8.15. The van der Waals surface area contributed by atoms with Crippen LogP contribution in [-0.4, -0.2) is 48.9 Å². The van der Waals surface area contributed by atoms with Crippen LogP contribution in [0.4, 0.5) is 4.39 Å². The molecule has 136 valence electrons. The normalized spacial score (nSPS) is 23.5. The summed E-state index contributed by atoms with van der Waals surface area (Å²) in [7, 11) is 0. The SMILES string of the molecule is O=C(NCC1CCCN(C(=O)c2ccc(Cl)cc2F)C1)C1CCCN1. The van der Waals surface area contributed by atoms with Crippen LogP contribution in [0.15, 0.2) is 18.2 Å². The Kier molecular flexibility index (Phi) is 5.91. The van der Waals surface area contributed by atoms with Crippen LogP contribution in [0.1, 0.15) is 36.0 Å². The Hall–Kier alpha value is -1.66. The number of carbonyl (C=O) groups is 2. The standard InChI is InChI=1S/C18H23ClFN3O2/c19-13-5-6-14(15(20)9-13)18(25)23-8-2-3-12(11-23)10-22-17(24)16-4-1-7-21-16/h5-6,9,12,16,21H,1-4,7-8,10-11H2,(H,22,24). The molecule has 2 aliphatic heterocycles. The van der Waals surface area contributed by atoms with Gasteiger partial charge in [0, 0.05) is 24.7 Å². The van der Waals surface area contributed by atoms with Crippen LogP contribution < -0.4 is 10.6 Å². The molecule has 2 fully saturated rings. The van der Waals surface area contributed by atoms with Gasteiger partial charge in [0.2, 0.25) is 5.91 Å². The van der Waals surface area contributed by atoms with Crippen LogP contribution in [-0.2, 0) is 4.79 Å². The molecule has 2 atom stereocenters. The molecule has 25 heavy (non-hydrogen) atoms. The van der Waals surface area contributed by atoms with Crippen molar-refractivity contribution in [3.63, 3.8) is 0 Å². The Morgan fingerprint density at radius 2 is 2.16 bits per heavy atom. The first-order valence-corrected chi connectivity index (χ1v) is 9.18. The second-order valence-electron chi connectivity index (χ2n) is 6.78. The van der Waals surface area contributed by atoms with E-state index in [0.717, 1.165) is 38.3 Å². The number of benzene rings is 1. The third-order valence-electron chi connectivity index (χ3n) is 4.91. The fourth-order valence-electron chi connectivity index (χ4n) is 3.53. The van der Waals surface area contributed by atoms with Gasteiger partial charge < -0.3 is 15.5 Å². The molecule has 1 aromatic rings. The number of piperidine rings is 1. The summed E-state index contributed by atoms with van der Waals surface area (Å²) in [6, 6.07) is 4.01. The third-order valence-corrected chi connectivity index (χ3v) is 5.14.